The molecule has 0 radical (unpaired) electrons. The lowest BCUT2D eigenvalue weighted by Crippen LogP contribution is -2.39. The molecule has 0 unspecified atom stereocenters. The second kappa shape index (κ2) is 13.4. The Morgan fingerprint density at radius 1 is 0.735 bits per heavy atom. The van der Waals surface area contributed by atoms with Gasteiger partial charge in [-0.2, -0.15) is 0 Å². The Hall–Kier alpha value is -6.41. The average molecular weight is 644 g/mol. The van der Waals surface area contributed by atoms with E-state index in [9.17, 15) is 14.7 Å². The zero-order valence-electron chi connectivity index (χ0n) is 26.8. The van der Waals surface area contributed by atoms with Crippen molar-refractivity contribution in [2.75, 3.05) is 0 Å². The van der Waals surface area contributed by atoms with Crippen molar-refractivity contribution in [2.24, 2.45) is 0 Å². The fourth-order valence-corrected chi connectivity index (χ4v) is 6.81. The van der Waals surface area contributed by atoms with Gasteiger partial charge in [-0.1, -0.05) is 146 Å². The Labute approximate surface area is 283 Å². The van der Waals surface area contributed by atoms with Crippen molar-refractivity contribution in [3.8, 4) is 22.5 Å². The Kier molecular flexibility index (Phi) is 8.51. The maximum Gasteiger partial charge on any atom is 0.352 e. The van der Waals surface area contributed by atoms with E-state index in [1.54, 1.807) is 10.6 Å². The second-order valence-electron chi connectivity index (χ2n) is 11.8. The molecule has 240 valence electrons. The number of carbonyl (C=O) groups is 2. The number of benzene rings is 5. The largest absolute Gasteiger partial charge is 0.477 e. The third kappa shape index (κ3) is 5.53. The van der Waals surface area contributed by atoms with E-state index in [-0.39, 0.29) is 12.2 Å². The molecule has 0 saturated heterocycles. The van der Waals surface area contributed by atoms with Crippen molar-refractivity contribution in [3.63, 3.8) is 0 Å². The van der Waals surface area contributed by atoms with Crippen LogP contribution in [0.2, 0.25) is 0 Å². The summed E-state index contributed by atoms with van der Waals surface area (Å²) in [6.07, 6.45) is 1.23. The van der Waals surface area contributed by atoms with Gasteiger partial charge in [-0.05, 0) is 61.9 Å². The van der Waals surface area contributed by atoms with E-state index in [1.165, 1.54) is 0 Å². The van der Waals surface area contributed by atoms with E-state index in [0.717, 1.165) is 38.9 Å². The first-order chi connectivity index (χ1) is 24.1. The second-order valence-corrected chi connectivity index (χ2v) is 11.8. The number of aromatic nitrogens is 5. The van der Waals surface area contributed by atoms with Gasteiger partial charge in [0.05, 0.1) is 5.69 Å². The Morgan fingerprint density at radius 2 is 1.27 bits per heavy atom. The van der Waals surface area contributed by atoms with Crippen LogP contribution in [0.4, 0.5) is 0 Å². The van der Waals surface area contributed by atoms with Gasteiger partial charge in [-0.3, -0.25) is 4.79 Å². The summed E-state index contributed by atoms with van der Waals surface area (Å²) >= 11 is 0. The Bertz CT molecular complexity index is 2130. The SMILES string of the molecule is CCc1cc(C=O)n(Cc2ccc(-c3ccccc3-c3nnnn3C(c3ccccc3)(c3ccccc3)c3ccccc3)cc2)c1C(=O)O. The number of nitrogens with zero attached hydrogens (tertiary/aromatic N) is 5. The van der Waals surface area contributed by atoms with Gasteiger partial charge in [0.2, 0.25) is 0 Å². The topological polar surface area (TPSA) is 103 Å². The normalized spacial score (nSPS) is 11.4. The molecule has 7 aromatic rings. The molecule has 8 heteroatoms. The van der Waals surface area contributed by atoms with Gasteiger partial charge in [-0.25, -0.2) is 9.48 Å². The molecule has 0 bridgehead atoms. The van der Waals surface area contributed by atoms with Gasteiger partial charge >= 0.3 is 5.97 Å². The average Bonchev–Trinajstić information content (AvgIpc) is 3.79. The van der Waals surface area contributed by atoms with Crippen molar-refractivity contribution in [1.82, 2.24) is 24.8 Å². The minimum Gasteiger partial charge on any atom is -0.477 e. The standard InChI is InChI=1S/C41H33N5O3/c1-2-30-26-35(28-47)45(38(30)40(48)49)27-29-22-24-31(25-23-29)36-20-12-13-21-37(36)39-42-43-44-46(39)41(32-14-6-3-7-15-32,33-16-8-4-9-17-33)34-18-10-5-11-19-34/h3-26,28H,2,27H2,1H3,(H,48,49). The summed E-state index contributed by atoms with van der Waals surface area (Å²) in [6, 6.07) is 48.5. The molecule has 0 spiro atoms. The first kappa shape index (κ1) is 31.2. The minimum absolute atomic E-state index is 0.143. The number of hydrogen-bond donors (Lipinski definition) is 1. The van der Waals surface area contributed by atoms with E-state index in [2.05, 4.69) is 46.7 Å². The maximum atomic E-state index is 12.1. The molecule has 0 fully saturated rings. The van der Waals surface area contributed by atoms with E-state index in [0.29, 0.717) is 29.8 Å². The molecule has 0 aliphatic rings. The highest BCUT2D eigenvalue weighted by molar-refractivity contribution is 5.90. The first-order valence-corrected chi connectivity index (χ1v) is 16.1. The number of aromatic carboxylic acids is 1. The lowest BCUT2D eigenvalue weighted by atomic mass is 9.77. The van der Waals surface area contributed by atoms with Crippen LogP contribution in [-0.4, -0.2) is 42.1 Å². The van der Waals surface area contributed by atoms with Crippen LogP contribution < -0.4 is 0 Å². The molecule has 2 heterocycles. The monoisotopic (exact) mass is 643 g/mol. The molecule has 7 rings (SSSR count). The fraction of sp³-hybridized carbons (Fsp3) is 0.0976. The summed E-state index contributed by atoms with van der Waals surface area (Å²) in [6.45, 7) is 2.14. The van der Waals surface area contributed by atoms with E-state index in [4.69, 9.17) is 5.21 Å². The number of carboxylic acids is 1. The highest BCUT2D eigenvalue weighted by atomic mass is 16.4. The quantitative estimate of drug-likeness (QED) is 0.114. The molecule has 49 heavy (non-hydrogen) atoms. The molecule has 5 aromatic carbocycles. The van der Waals surface area contributed by atoms with Crippen molar-refractivity contribution in [3.05, 3.63) is 185 Å². The van der Waals surface area contributed by atoms with E-state index in [1.807, 2.05) is 115 Å². The number of carboxylic acid groups (broad SMARTS) is 1. The number of rotatable bonds is 11. The first-order valence-electron chi connectivity index (χ1n) is 16.1. The number of aryl methyl sites for hydroxylation is 1. The van der Waals surface area contributed by atoms with Crippen LogP contribution in [0.3, 0.4) is 0 Å². The van der Waals surface area contributed by atoms with E-state index < -0.39 is 11.5 Å². The van der Waals surface area contributed by atoms with Gasteiger partial charge in [0.1, 0.15) is 11.2 Å². The molecule has 0 atom stereocenters. The molecule has 8 nitrogen and oxygen atoms in total. The molecule has 0 aliphatic heterocycles. The summed E-state index contributed by atoms with van der Waals surface area (Å²) in [4.78, 5) is 24.0. The predicted octanol–water partition coefficient (Wildman–Crippen LogP) is 7.77. The molecule has 0 aliphatic carbocycles. The predicted molar refractivity (Wildman–Crippen MR) is 189 cm³/mol. The summed E-state index contributed by atoms with van der Waals surface area (Å²) in [5.41, 5.74) is 6.84. The summed E-state index contributed by atoms with van der Waals surface area (Å²) in [5, 5.41) is 23.6. The Balaban J connectivity index is 1.36. The van der Waals surface area contributed by atoms with Crippen LogP contribution in [0, 0.1) is 0 Å². The van der Waals surface area contributed by atoms with Crippen molar-refractivity contribution >= 4 is 12.3 Å². The van der Waals surface area contributed by atoms with Crippen LogP contribution >= 0.6 is 0 Å². The Morgan fingerprint density at radius 3 is 1.78 bits per heavy atom. The molecule has 1 N–H and O–H groups in total. The summed E-state index contributed by atoms with van der Waals surface area (Å²) < 4.78 is 3.49. The lowest BCUT2D eigenvalue weighted by molar-refractivity contribution is 0.0684. The van der Waals surface area contributed by atoms with Crippen LogP contribution in [0.25, 0.3) is 22.5 Å². The molecular formula is C41H33N5O3. The summed E-state index contributed by atoms with van der Waals surface area (Å²) in [5.74, 6) is -0.455. The van der Waals surface area contributed by atoms with E-state index >= 15 is 0 Å². The third-order valence-corrected chi connectivity index (χ3v) is 9.05. The van der Waals surface area contributed by atoms with Crippen molar-refractivity contribution < 1.29 is 14.7 Å². The van der Waals surface area contributed by atoms with Crippen LogP contribution in [-0.2, 0) is 18.5 Å². The highest BCUT2D eigenvalue weighted by Crippen LogP contribution is 2.43. The smallest absolute Gasteiger partial charge is 0.352 e. The molecule has 0 amide bonds. The van der Waals surface area contributed by atoms with Gasteiger partial charge in [0, 0.05) is 12.1 Å². The zero-order chi connectivity index (χ0) is 33.8. The van der Waals surface area contributed by atoms with Gasteiger partial charge in [0.25, 0.3) is 0 Å². The number of aldehydes is 1. The number of tetrazole rings is 1. The minimum atomic E-state index is -1.05. The van der Waals surface area contributed by atoms with Gasteiger partial charge in [0.15, 0.2) is 12.1 Å². The number of hydrogen-bond acceptors (Lipinski definition) is 5. The van der Waals surface area contributed by atoms with Gasteiger partial charge < -0.3 is 9.67 Å². The lowest BCUT2D eigenvalue weighted by Gasteiger charge is -2.36. The van der Waals surface area contributed by atoms with Crippen molar-refractivity contribution in [1.29, 1.82) is 0 Å². The van der Waals surface area contributed by atoms with Crippen LogP contribution in [0.15, 0.2) is 146 Å². The van der Waals surface area contributed by atoms with Gasteiger partial charge in [-0.15, -0.1) is 5.10 Å². The molecule has 0 saturated carbocycles. The third-order valence-electron chi connectivity index (χ3n) is 9.05. The molecular weight excluding hydrogens is 610 g/mol. The molecule has 2 aromatic heterocycles. The fourth-order valence-electron chi connectivity index (χ4n) is 6.81. The zero-order valence-corrected chi connectivity index (χ0v) is 26.8. The highest BCUT2D eigenvalue weighted by Gasteiger charge is 2.42. The number of carbonyl (C=O) groups excluding carboxylic acids is 1. The van der Waals surface area contributed by atoms with Crippen molar-refractivity contribution in [2.45, 2.75) is 25.4 Å². The maximum absolute atomic E-state index is 12.1. The van der Waals surface area contributed by atoms with Crippen LogP contribution in [0.1, 0.15) is 55.7 Å². The van der Waals surface area contributed by atoms with Crippen LogP contribution in [0.5, 0.6) is 0 Å². The summed E-state index contributed by atoms with van der Waals surface area (Å²) in [7, 11) is 0.